The first-order valence-electron chi connectivity index (χ1n) is 10.9. The molecule has 0 radical (unpaired) electrons. The summed E-state index contributed by atoms with van der Waals surface area (Å²) < 4.78 is 0.925. The number of nitrogens with zero attached hydrogens (tertiary/aromatic N) is 2. The van der Waals surface area contributed by atoms with Crippen LogP contribution in [-0.2, 0) is 9.59 Å². The quantitative estimate of drug-likeness (QED) is 0.588. The maximum Gasteiger partial charge on any atom is 0.239 e. The summed E-state index contributed by atoms with van der Waals surface area (Å²) >= 11 is 3.45. The van der Waals surface area contributed by atoms with E-state index in [2.05, 4.69) is 51.0 Å². The van der Waals surface area contributed by atoms with Crippen LogP contribution >= 0.6 is 15.9 Å². The number of nitrogens with one attached hydrogen (secondary N) is 2. The Morgan fingerprint density at radius 1 is 1.16 bits per heavy atom. The summed E-state index contributed by atoms with van der Waals surface area (Å²) in [7, 11) is 1.81. The molecule has 2 aromatic rings. The van der Waals surface area contributed by atoms with Crippen molar-refractivity contribution in [2.75, 3.05) is 25.0 Å². The van der Waals surface area contributed by atoms with Crippen molar-refractivity contribution < 1.29 is 9.59 Å². The lowest BCUT2D eigenvalue weighted by molar-refractivity contribution is -0.138. The minimum Gasteiger partial charge on any atom is -0.345 e. The van der Waals surface area contributed by atoms with Gasteiger partial charge in [-0.2, -0.15) is 0 Å². The number of amides is 2. The number of carbonyl (C=O) groups excluding carboxylic acids is 2. The Morgan fingerprint density at radius 2 is 1.97 bits per heavy atom. The lowest BCUT2D eigenvalue weighted by atomic mass is 9.99. The summed E-state index contributed by atoms with van der Waals surface area (Å²) in [6.07, 6.45) is 3.49. The number of hydrogen-bond acceptors (Lipinski definition) is 4. The topological polar surface area (TPSA) is 64.7 Å². The van der Waals surface area contributed by atoms with Crippen molar-refractivity contribution in [3.63, 3.8) is 0 Å². The number of halogens is 1. The number of anilines is 1. The molecule has 3 unspecified atom stereocenters. The van der Waals surface area contributed by atoms with Crippen LogP contribution in [0.3, 0.4) is 0 Å². The molecule has 3 atom stereocenters. The largest absolute Gasteiger partial charge is 0.345 e. The number of rotatable bonds is 7. The first-order valence-corrected chi connectivity index (χ1v) is 11.7. The van der Waals surface area contributed by atoms with Crippen LogP contribution in [0, 0.1) is 5.92 Å². The molecule has 2 amide bonds. The first kappa shape index (κ1) is 22.0. The molecule has 0 aliphatic carbocycles. The van der Waals surface area contributed by atoms with Gasteiger partial charge in [0, 0.05) is 42.4 Å². The fourth-order valence-corrected chi connectivity index (χ4v) is 4.86. The maximum absolute atomic E-state index is 12.9. The molecule has 7 heteroatoms. The second-order valence-corrected chi connectivity index (χ2v) is 9.31. The van der Waals surface area contributed by atoms with Gasteiger partial charge in [-0.25, -0.2) is 0 Å². The van der Waals surface area contributed by atoms with Crippen molar-refractivity contribution in [2.24, 2.45) is 5.92 Å². The van der Waals surface area contributed by atoms with E-state index < -0.39 is 5.92 Å². The van der Waals surface area contributed by atoms with Gasteiger partial charge in [-0.3, -0.25) is 20.4 Å². The minimum absolute atomic E-state index is 0.0674. The summed E-state index contributed by atoms with van der Waals surface area (Å²) in [5, 5.41) is 0. The zero-order chi connectivity index (χ0) is 21.8. The van der Waals surface area contributed by atoms with Crippen LogP contribution in [0.25, 0.3) is 0 Å². The SMILES string of the molecule is CN(CCCC1CC(c2ccccc2)NN1)C(=O)C1CCN(c2cccc(Br)c2)C1=O. The van der Waals surface area contributed by atoms with Gasteiger partial charge in [0.15, 0.2) is 0 Å². The van der Waals surface area contributed by atoms with Crippen molar-refractivity contribution in [3.05, 3.63) is 64.6 Å². The number of hydrogen-bond donors (Lipinski definition) is 2. The van der Waals surface area contributed by atoms with Crippen LogP contribution in [-0.4, -0.2) is 42.9 Å². The van der Waals surface area contributed by atoms with Crippen molar-refractivity contribution in [3.8, 4) is 0 Å². The molecule has 2 saturated heterocycles. The van der Waals surface area contributed by atoms with E-state index in [4.69, 9.17) is 0 Å². The van der Waals surface area contributed by atoms with E-state index in [1.165, 1.54) is 5.56 Å². The van der Waals surface area contributed by atoms with E-state index in [0.717, 1.165) is 29.4 Å². The van der Waals surface area contributed by atoms with E-state index in [1.54, 1.807) is 9.80 Å². The highest BCUT2D eigenvalue weighted by Crippen LogP contribution is 2.28. The lowest BCUT2D eigenvalue weighted by Crippen LogP contribution is -2.39. The van der Waals surface area contributed by atoms with Crippen molar-refractivity contribution in [1.82, 2.24) is 15.8 Å². The summed E-state index contributed by atoms with van der Waals surface area (Å²) in [5.74, 6) is -0.734. The molecular formula is C24H29BrN4O2. The molecule has 0 spiro atoms. The van der Waals surface area contributed by atoms with Gasteiger partial charge in [-0.1, -0.05) is 52.3 Å². The zero-order valence-electron chi connectivity index (χ0n) is 17.8. The molecule has 2 fully saturated rings. The van der Waals surface area contributed by atoms with Gasteiger partial charge in [-0.05, 0) is 49.4 Å². The summed E-state index contributed by atoms with van der Waals surface area (Å²) in [6, 6.07) is 18.8. The maximum atomic E-state index is 12.9. The molecule has 31 heavy (non-hydrogen) atoms. The number of hydrazine groups is 1. The van der Waals surface area contributed by atoms with E-state index in [-0.39, 0.29) is 11.8 Å². The molecular weight excluding hydrogens is 456 g/mol. The lowest BCUT2D eigenvalue weighted by Gasteiger charge is -2.22. The summed E-state index contributed by atoms with van der Waals surface area (Å²) in [5.41, 5.74) is 8.88. The predicted octanol–water partition coefficient (Wildman–Crippen LogP) is 3.65. The fourth-order valence-electron chi connectivity index (χ4n) is 4.48. The van der Waals surface area contributed by atoms with Gasteiger partial charge in [0.25, 0.3) is 0 Å². The van der Waals surface area contributed by atoms with Crippen molar-refractivity contribution in [1.29, 1.82) is 0 Å². The van der Waals surface area contributed by atoms with E-state index in [9.17, 15) is 9.59 Å². The van der Waals surface area contributed by atoms with Crippen LogP contribution < -0.4 is 15.8 Å². The van der Waals surface area contributed by atoms with Crippen LogP contribution in [0.4, 0.5) is 5.69 Å². The van der Waals surface area contributed by atoms with Crippen molar-refractivity contribution in [2.45, 2.75) is 37.8 Å². The average molecular weight is 485 g/mol. The summed E-state index contributed by atoms with van der Waals surface area (Å²) in [4.78, 5) is 29.2. The van der Waals surface area contributed by atoms with Crippen LogP contribution in [0.1, 0.15) is 37.3 Å². The van der Waals surface area contributed by atoms with Gasteiger partial charge in [0.05, 0.1) is 0 Å². The third kappa shape index (κ3) is 5.17. The molecule has 0 aromatic heterocycles. The highest BCUT2D eigenvalue weighted by Gasteiger charge is 2.39. The normalized spacial score (nSPS) is 23.4. The van der Waals surface area contributed by atoms with Gasteiger partial charge >= 0.3 is 0 Å². The molecule has 2 N–H and O–H groups in total. The van der Waals surface area contributed by atoms with E-state index in [0.29, 0.717) is 31.6 Å². The molecule has 2 heterocycles. The molecule has 164 valence electrons. The number of benzene rings is 2. The molecule has 2 aromatic carbocycles. The highest BCUT2D eigenvalue weighted by atomic mass is 79.9. The van der Waals surface area contributed by atoms with Crippen LogP contribution in [0.5, 0.6) is 0 Å². The molecule has 0 bridgehead atoms. The van der Waals surface area contributed by atoms with E-state index >= 15 is 0 Å². The Labute approximate surface area is 192 Å². The molecule has 0 saturated carbocycles. The molecule has 2 aliphatic heterocycles. The van der Waals surface area contributed by atoms with Gasteiger partial charge in [0.2, 0.25) is 11.8 Å². The zero-order valence-corrected chi connectivity index (χ0v) is 19.3. The molecule has 2 aliphatic rings. The highest BCUT2D eigenvalue weighted by molar-refractivity contribution is 9.10. The second kappa shape index (κ2) is 9.94. The first-order chi connectivity index (χ1) is 15.0. The van der Waals surface area contributed by atoms with Crippen LogP contribution in [0.2, 0.25) is 0 Å². The molecule has 4 rings (SSSR count). The Bertz CT molecular complexity index is 923. The minimum atomic E-state index is -0.572. The second-order valence-electron chi connectivity index (χ2n) is 8.40. The fraction of sp³-hybridized carbons (Fsp3) is 0.417. The predicted molar refractivity (Wildman–Crippen MR) is 125 cm³/mol. The van der Waals surface area contributed by atoms with Crippen LogP contribution in [0.15, 0.2) is 59.1 Å². The average Bonchev–Trinajstić information content (AvgIpc) is 3.40. The summed E-state index contributed by atoms with van der Waals surface area (Å²) in [6.45, 7) is 1.24. The molecule has 6 nitrogen and oxygen atoms in total. The Morgan fingerprint density at radius 3 is 2.74 bits per heavy atom. The Hall–Kier alpha value is -2.22. The Balaban J connectivity index is 1.23. The van der Waals surface area contributed by atoms with Gasteiger partial charge in [-0.15, -0.1) is 0 Å². The van der Waals surface area contributed by atoms with Gasteiger partial charge < -0.3 is 9.80 Å². The standard InChI is InChI=1S/C24H29BrN4O2/c1-28(13-6-10-19-16-22(27-26-19)17-7-3-2-4-8-17)23(30)21-12-14-29(24(21)31)20-11-5-9-18(25)15-20/h2-5,7-9,11,15,19,21-22,26-27H,6,10,12-14,16H2,1H3. The smallest absolute Gasteiger partial charge is 0.239 e. The van der Waals surface area contributed by atoms with Gasteiger partial charge in [0.1, 0.15) is 5.92 Å². The monoisotopic (exact) mass is 484 g/mol. The van der Waals surface area contributed by atoms with E-state index in [1.807, 2.05) is 37.4 Å². The Kier molecular flexibility index (Phi) is 7.05. The number of carbonyl (C=O) groups is 2. The third-order valence-electron chi connectivity index (χ3n) is 6.23. The third-order valence-corrected chi connectivity index (χ3v) is 6.72. The van der Waals surface area contributed by atoms with Crippen molar-refractivity contribution >= 4 is 33.4 Å².